The lowest BCUT2D eigenvalue weighted by atomic mass is 10.2. The van der Waals surface area contributed by atoms with Gasteiger partial charge in [0.25, 0.3) is 0 Å². The zero-order chi connectivity index (χ0) is 9.94. The van der Waals surface area contributed by atoms with Gasteiger partial charge >= 0.3 is 0 Å². The molecule has 0 N–H and O–H groups in total. The highest BCUT2D eigenvalue weighted by molar-refractivity contribution is 6.81. The molecule has 0 bridgehead atoms. The van der Waals surface area contributed by atoms with Crippen molar-refractivity contribution >= 4 is 20.4 Å². The van der Waals surface area contributed by atoms with Crippen LogP contribution in [0.3, 0.4) is 0 Å². The summed E-state index contributed by atoms with van der Waals surface area (Å²) in [5, 5.41) is 0.369. The summed E-state index contributed by atoms with van der Waals surface area (Å²) in [7, 11) is -1.02. The molecular weight excluding hydrogens is 184 g/mol. The third-order valence-corrected chi connectivity index (χ3v) is 7.34. The highest BCUT2D eigenvalue weighted by Crippen LogP contribution is 2.39. The minimum absolute atomic E-state index is 0.369. The van der Waals surface area contributed by atoms with E-state index in [0.29, 0.717) is 5.04 Å². The van der Waals surface area contributed by atoms with Crippen LogP contribution in [0.15, 0.2) is 11.2 Å². The van der Waals surface area contributed by atoms with Crippen LogP contribution in [-0.4, -0.2) is 8.80 Å². The highest BCUT2D eigenvalue weighted by Gasteiger charge is 2.32. The van der Waals surface area contributed by atoms with Gasteiger partial charge < -0.3 is 0 Å². The molecule has 0 aliphatic heterocycles. The van der Waals surface area contributed by atoms with Crippen LogP contribution in [0.2, 0.25) is 10.6 Å². The molecule has 0 nitrogen and oxygen atoms in total. The van der Waals surface area contributed by atoms with Crippen molar-refractivity contribution < 1.29 is 0 Å². The van der Waals surface area contributed by atoms with Crippen LogP contribution < -0.4 is 0 Å². The number of hydrogen-bond acceptors (Lipinski definition) is 0. The Hall–Kier alpha value is 0.247. The van der Waals surface area contributed by atoms with Gasteiger partial charge in [-0.1, -0.05) is 59.2 Å². The predicted octanol–water partition coefficient (Wildman–Crippen LogP) is 4.11. The molecule has 72 valence electrons. The minimum Gasteiger partial charge on any atom is -0.0952 e. The molecule has 12 heavy (non-hydrogen) atoms. The summed E-state index contributed by atoms with van der Waals surface area (Å²) < 4.78 is 0.942. The van der Waals surface area contributed by atoms with Crippen molar-refractivity contribution in [1.29, 1.82) is 0 Å². The van der Waals surface area contributed by atoms with Crippen LogP contribution in [-0.2, 0) is 0 Å². The molecule has 0 heterocycles. The molecule has 0 rings (SSSR count). The molecule has 0 radical (unpaired) electrons. The van der Waals surface area contributed by atoms with Gasteiger partial charge in [0, 0.05) is 0 Å². The second kappa shape index (κ2) is 4.47. The van der Waals surface area contributed by atoms with Gasteiger partial charge in [0.1, 0.15) is 0 Å². The summed E-state index contributed by atoms with van der Waals surface area (Å²) in [6.45, 7) is 15.3. The van der Waals surface area contributed by atoms with E-state index >= 15 is 0 Å². The summed E-state index contributed by atoms with van der Waals surface area (Å²) >= 11 is 6.07. The normalized spacial score (nSPS) is 17.2. The zero-order valence-corrected chi connectivity index (χ0v) is 10.9. The van der Waals surface area contributed by atoms with Gasteiger partial charge in [-0.25, -0.2) is 0 Å². The monoisotopic (exact) mass is 204 g/mol. The summed E-state index contributed by atoms with van der Waals surface area (Å²) in [4.78, 5) is 0. The topological polar surface area (TPSA) is 0 Å². The Morgan fingerprint density at radius 2 is 1.92 bits per heavy atom. The van der Waals surface area contributed by atoms with Crippen LogP contribution >= 0.6 is 11.6 Å². The van der Waals surface area contributed by atoms with Gasteiger partial charge in [0.2, 0.25) is 0 Å². The Morgan fingerprint density at radius 3 is 2.00 bits per heavy atom. The first kappa shape index (κ1) is 12.2. The summed E-state index contributed by atoms with van der Waals surface area (Å²) in [6.07, 6.45) is 1.22. The Morgan fingerprint density at radius 1 is 1.50 bits per heavy atom. The fourth-order valence-electron chi connectivity index (χ4n) is 1.87. The third kappa shape index (κ3) is 3.32. The van der Waals surface area contributed by atoms with Crippen molar-refractivity contribution in [2.24, 2.45) is 0 Å². The molecule has 0 spiro atoms. The standard InChI is InChI=1S/C10H21ClSi/c1-7-8(2)12(9(3)11)10(4,5)6/h8,12H,3,7H2,1-2,4-6H3. The first-order chi connectivity index (χ1) is 5.30. The van der Waals surface area contributed by atoms with Crippen LogP contribution in [0, 0.1) is 0 Å². The average Bonchev–Trinajstić information content (AvgIpc) is 1.83. The summed E-state index contributed by atoms with van der Waals surface area (Å²) in [5.74, 6) is 0. The van der Waals surface area contributed by atoms with Crippen molar-refractivity contribution in [3.8, 4) is 0 Å². The van der Waals surface area contributed by atoms with E-state index in [1.807, 2.05) is 0 Å². The molecule has 0 aliphatic rings. The van der Waals surface area contributed by atoms with Gasteiger partial charge in [-0.05, 0) is 15.2 Å². The number of halogens is 1. The SMILES string of the molecule is C=C(Cl)[SiH](C(C)CC)C(C)(C)C. The van der Waals surface area contributed by atoms with Gasteiger partial charge in [-0.15, -0.1) is 0 Å². The van der Waals surface area contributed by atoms with Crippen molar-refractivity contribution in [1.82, 2.24) is 0 Å². The zero-order valence-electron chi connectivity index (χ0n) is 8.95. The van der Waals surface area contributed by atoms with Gasteiger partial charge in [-0.2, -0.15) is 0 Å². The molecule has 0 aromatic rings. The Labute approximate surface area is 83.6 Å². The smallest absolute Gasteiger partial charge is 0.0927 e. The lowest BCUT2D eigenvalue weighted by Gasteiger charge is -2.33. The van der Waals surface area contributed by atoms with E-state index in [1.54, 1.807) is 0 Å². The van der Waals surface area contributed by atoms with Crippen molar-refractivity contribution in [3.63, 3.8) is 0 Å². The lowest BCUT2D eigenvalue weighted by molar-refractivity contribution is 0.703. The van der Waals surface area contributed by atoms with Crippen molar-refractivity contribution in [2.45, 2.75) is 51.6 Å². The van der Waals surface area contributed by atoms with E-state index in [-0.39, 0.29) is 0 Å². The molecule has 2 heteroatoms. The summed E-state index contributed by atoms with van der Waals surface area (Å²) in [6, 6.07) is 0. The van der Waals surface area contributed by atoms with Crippen LogP contribution in [0.25, 0.3) is 0 Å². The predicted molar refractivity (Wildman–Crippen MR) is 61.6 cm³/mol. The van der Waals surface area contributed by atoms with Crippen molar-refractivity contribution in [2.75, 3.05) is 0 Å². The van der Waals surface area contributed by atoms with E-state index in [0.717, 1.165) is 10.2 Å². The van der Waals surface area contributed by atoms with Crippen LogP contribution in [0.1, 0.15) is 41.0 Å². The van der Waals surface area contributed by atoms with E-state index in [9.17, 15) is 0 Å². The summed E-state index contributed by atoms with van der Waals surface area (Å²) in [5.41, 5.74) is 0.759. The Balaban J connectivity index is 4.56. The first-order valence-corrected chi connectivity index (χ1v) is 6.85. The van der Waals surface area contributed by atoms with E-state index in [2.05, 4.69) is 41.2 Å². The lowest BCUT2D eigenvalue weighted by Crippen LogP contribution is -2.30. The fourth-order valence-corrected chi connectivity index (χ4v) is 7.23. The average molecular weight is 205 g/mol. The highest BCUT2D eigenvalue weighted by atomic mass is 35.5. The van der Waals surface area contributed by atoms with Gasteiger partial charge in [0.05, 0.1) is 8.80 Å². The molecule has 2 atom stereocenters. The molecule has 0 aromatic carbocycles. The molecule has 0 saturated carbocycles. The van der Waals surface area contributed by atoms with Crippen LogP contribution in [0.4, 0.5) is 0 Å². The Kier molecular flexibility index (Phi) is 4.57. The van der Waals surface area contributed by atoms with E-state index in [1.165, 1.54) is 6.42 Å². The molecule has 0 aliphatic carbocycles. The quantitative estimate of drug-likeness (QED) is 0.608. The molecule has 0 saturated heterocycles. The fraction of sp³-hybridized carbons (Fsp3) is 0.800. The second-order valence-electron chi connectivity index (χ2n) is 4.68. The maximum Gasteiger partial charge on any atom is 0.0927 e. The molecule has 0 aromatic heterocycles. The number of rotatable bonds is 3. The van der Waals surface area contributed by atoms with Crippen molar-refractivity contribution in [3.05, 3.63) is 11.2 Å². The maximum atomic E-state index is 6.07. The first-order valence-electron chi connectivity index (χ1n) is 4.65. The molecule has 0 fully saturated rings. The van der Waals surface area contributed by atoms with E-state index in [4.69, 9.17) is 11.6 Å². The van der Waals surface area contributed by atoms with Gasteiger partial charge in [-0.3, -0.25) is 0 Å². The van der Waals surface area contributed by atoms with Gasteiger partial charge in [0.15, 0.2) is 0 Å². The van der Waals surface area contributed by atoms with E-state index < -0.39 is 8.80 Å². The minimum atomic E-state index is -1.02. The third-order valence-electron chi connectivity index (χ3n) is 2.48. The molecule has 0 amide bonds. The maximum absolute atomic E-state index is 6.07. The largest absolute Gasteiger partial charge is 0.0952 e. The van der Waals surface area contributed by atoms with Crippen LogP contribution in [0.5, 0.6) is 0 Å². The second-order valence-corrected chi connectivity index (χ2v) is 10.0. The Bertz CT molecular complexity index is 158. The number of hydrogen-bond donors (Lipinski definition) is 0. The molecular formula is C10H21ClSi. The molecule has 2 unspecified atom stereocenters.